The van der Waals surface area contributed by atoms with Crippen molar-refractivity contribution in [2.24, 2.45) is 0 Å². The van der Waals surface area contributed by atoms with Crippen LogP contribution in [0.1, 0.15) is 29.9 Å². The van der Waals surface area contributed by atoms with Gasteiger partial charge in [-0.25, -0.2) is 4.39 Å². The van der Waals surface area contributed by atoms with Gasteiger partial charge in [-0.1, -0.05) is 36.4 Å². The molecule has 0 fully saturated rings. The number of carbonyl (C=O) groups excluding carboxylic acids is 1. The molecule has 3 rings (SSSR count). The van der Waals surface area contributed by atoms with E-state index in [2.05, 4.69) is 5.32 Å². The van der Waals surface area contributed by atoms with Crippen molar-refractivity contribution in [1.29, 1.82) is 0 Å². The van der Waals surface area contributed by atoms with E-state index in [0.29, 0.717) is 18.4 Å². The molecule has 2 aromatic carbocycles. The van der Waals surface area contributed by atoms with Crippen LogP contribution < -0.4 is 5.32 Å². The quantitative estimate of drug-likeness (QED) is 0.827. The Kier molecular flexibility index (Phi) is 3.03. The normalized spacial score (nSPS) is 18.4. The molecule has 0 bridgehead atoms. The van der Waals surface area contributed by atoms with Crippen molar-refractivity contribution in [3.05, 3.63) is 65.5 Å². The summed E-state index contributed by atoms with van der Waals surface area (Å²) in [5.74, 6) is -0.292. The second kappa shape index (κ2) is 4.84. The zero-order valence-electron chi connectivity index (χ0n) is 10.4. The van der Waals surface area contributed by atoms with E-state index in [-0.39, 0.29) is 17.6 Å². The first kappa shape index (κ1) is 11.9. The van der Waals surface area contributed by atoms with Crippen molar-refractivity contribution in [2.45, 2.75) is 18.8 Å². The average molecular weight is 255 g/mol. The van der Waals surface area contributed by atoms with Crippen molar-refractivity contribution >= 4 is 11.6 Å². The number of halogens is 1. The van der Waals surface area contributed by atoms with Crippen LogP contribution in [-0.4, -0.2) is 5.91 Å². The summed E-state index contributed by atoms with van der Waals surface area (Å²) < 4.78 is 14.0. The van der Waals surface area contributed by atoms with Gasteiger partial charge in [-0.3, -0.25) is 4.79 Å². The molecule has 1 atom stereocenters. The fourth-order valence-corrected chi connectivity index (χ4v) is 2.64. The van der Waals surface area contributed by atoms with Crippen LogP contribution in [-0.2, 0) is 4.79 Å². The number of fused-ring (bicyclic) bond motifs is 1. The Balaban J connectivity index is 2.12. The molecular weight excluding hydrogens is 241 g/mol. The summed E-state index contributed by atoms with van der Waals surface area (Å²) in [5.41, 5.74) is 2.43. The van der Waals surface area contributed by atoms with Crippen LogP contribution in [0.4, 0.5) is 10.1 Å². The fourth-order valence-electron chi connectivity index (χ4n) is 2.64. The number of nitrogens with one attached hydrogen (secondary N) is 1. The van der Waals surface area contributed by atoms with Gasteiger partial charge >= 0.3 is 0 Å². The van der Waals surface area contributed by atoms with Crippen molar-refractivity contribution in [1.82, 2.24) is 0 Å². The van der Waals surface area contributed by atoms with Crippen LogP contribution in [0.2, 0.25) is 0 Å². The van der Waals surface area contributed by atoms with E-state index in [9.17, 15) is 9.18 Å². The van der Waals surface area contributed by atoms with E-state index in [4.69, 9.17) is 0 Å². The zero-order valence-corrected chi connectivity index (χ0v) is 10.4. The summed E-state index contributed by atoms with van der Waals surface area (Å²) in [4.78, 5) is 11.7. The molecule has 0 aromatic heterocycles. The van der Waals surface area contributed by atoms with E-state index < -0.39 is 0 Å². The predicted molar refractivity (Wildman–Crippen MR) is 72.5 cm³/mol. The van der Waals surface area contributed by atoms with Crippen LogP contribution in [0.5, 0.6) is 0 Å². The molecule has 0 radical (unpaired) electrons. The highest BCUT2D eigenvalue weighted by Crippen LogP contribution is 2.37. The Hall–Kier alpha value is -2.16. The Morgan fingerprint density at radius 3 is 2.47 bits per heavy atom. The first-order chi connectivity index (χ1) is 9.25. The topological polar surface area (TPSA) is 29.1 Å². The van der Waals surface area contributed by atoms with Crippen molar-refractivity contribution < 1.29 is 9.18 Å². The molecule has 19 heavy (non-hydrogen) atoms. The predicted octanol–water partition coefficient (Wildman–Crippen LogP) is 3.69. The second-order valence-electron chi connectivity index (χ2n) is 4.75. The van der Waals surface area contributed by atoms with E-state index in [1.54, 1.807) is 12.1 Å². The number of anilines is 1. The minimum Gasteiger partial charge on any atom is -0.326 e. The Labute approximate surface area is 111 Å². The van der Waals surface area contributed by atoms with Crippen LogP contribution in [0, 0.1) is 5.82 Å². The minimum absolute atomic E-state index is 0.00807. The number of hydrogen-bond donors (Lipinski definition) is 1. The zero-order chi connectivity index (χ0) is 13.2. The number of hydrogen-bond acceptors (Lipinski definition) is 1. The van der Waals surface area contributed by atoms with E-state index >= 15 is 0 Å². The van der Waals surface area contributed by atoms with Crippen LogP contribution in [0.15, 0.2) is 48.5 Å². The highest BCUT2D eigenvalue weighted by molar-refractivity contribution is 5.92. The number of para-hydroxylation sites is 1. The lowest BCUT2D eigenvalue weighted by molar-refractivity contribution is -0.116. The fraction of sp³-hybridized carbons (Fsp3) is 0.188. The van der Waals surface area contributed by atoms with Gasteiger partial charge in [-0.05, 0) is 29.7 Å². The lowest BCUT2D eigenvalue weighted by Crippen LogP contribution is -2.08. The third kappa shape index (κ3) is 2.24. The molecule has 0 aliphatic carbocycles. The van der Waals surface area contributed by atoms with E-state index in [1.165, 1.54) is 6.07 Å². The molecule has 2 nitrogen and oxygen atoms in total. The molecule has 1 heterocycles. The highest BCUT2D eigenvalue weighted by Gasteiger charge is 2.24. The van der Waals surface area contributed by atoms with Gasteiger partial charge in [-0.15, -0.1) is 0 Å². The minimum atomic E-state index is -0.211. The van der Waals surface area contributed by atoms with Gasteiger partial charge in [0, 0.05) is 18.0 Å². The third-order valence-electron chi connectivity index (χ3n) is 3.55. The van der Waals surface area contributed by atoms with Crippen molar-refractivity contribution in [3.8, 4) is 0 Å². The van der Waals surface area contributed by atoms with E-state index in [1.807, 2.05) is 30.3 Å². The summed E-state index contributed by atoms with van der Waals surface area (Å²) in [6, 6.07) is 14.4. The maximum Gasteiger partial charge on any atom is 0.224 e. The highest BCUT2D eigenvalue weighted by atomic mass is 19.1. The third-order valence-corrected chi connectivity index (χ3v) is 3.55. The van der Waals surface area contributed by atoms with Gasteiger partial charge in [0.2, 0.25) is 5.91 Å². The summed E-state index contributed by atoms with van der Waals surface area (Å²) in [6.07, 6.45) is 1.04. The average Bonchev–Trinajstić information content (AvgIpc) is 2.58. The second-order valence-corrected chi connectivity index (χ2v) is 4.75. The molecule has 1 aliphatic heterocycles. The molecule has 96 valence electrons. The largest absolute Gasteiger partial charge is 0.326 e. The van der Waals surface area contributed by atoms with Gasteiger partial charge < -0.3 is 5.32 Å². The van der Waals surface area contributed by atoms with Crippen molar-refractivity contribution in [2.75, 3.05) is 5.32 Å². The maximum atomic E-state index is 14.0. The van der Waals surface area contributed by atoms with Gasteiger partial charge in [-0.2, -0.15) is 0 Å². The van der Waals surface area contributed by atoms with Gasteiger partial charge in [0.15, 0.2) is 0 Å². The summed E-state index contributed by atoms with van der Waals surface area (Å²) >= 11 is 0. The number of rotatable bonds is 1. The molecular formula is C16H14FNO. The van der Waals surface area contributed by atoms with Crippen LogP contribution in [0.3, 0.4) is 0 Å². The van der Waals surface area contributed by atoms with E-state index in [0.717, 1.165) is 11.3 Å². The molecule has 0 spiro atoms. The molecule has 1 amide bonds. The molecule has 0 saturated carbocycles. The number of carbonyl (C=O) groups is 1. The molecule has 2 aromatic rings. The smallest absolute Gasteiger partial charge is 0.224 e. The number of benzene rings is 2. The van der Waals surface area contributed by atoms with Gasteiger partial charge in [0.05, 0.1) is 0 Å². The summed E-state index contributed by atoms with van der Waals surface area (Å²) in [5, 5.41) is 2.88. The molecule has 0 saturated heterocycles. The van der Waals surface area contributed by atoms with Gasteiger partial charge in [0.1, 0.15) is 5.82 Å². The monoisotopic (exact) mass is 255 g/mol. The summed E-state index contributed by atoms with van der Waals surface area (Å²) in [6.45, 7) is 0. The van der Waals surface area contributed by atoms with Crippen LogP contribution >= 0.6 is 0 Å². The Morgan fingerprint density at radius 2 is 1.68 bits per heavy atom. The summed E-state index contributed by atoms with van der Waals surface area (Å²) in [7, 11) is 0. The standard InChI is InChI=1S/C16H14FNO/c17-14-7-3-1-5-12(14)11-9-10-16(19)18-15-8-4-2-6-13(11)15/h1-8,11H,9-10H2,(H,18,19). The van der Waals surface area contributed by atoms with Crippen molar-refractivity contribution in [3.63, 3.8) is 0 Å². The Morgan fingerprint density at radius 1 is 1.00 bits per heavy atom. The number of amides is 1. The SMILES string of the molecule is O=C1CCC(c2ccccc2F)c2ccccc2N1. The van der Waals surface area contributed by atoms with Crippen LogP contribution in [0.25, 0.3) is 0 Å². The molecule has 1 N–H and O–H groups in total. The molecule has 1 aliphatic rings. The molecule has 1 unspecified atom stereocenters. The maximum absolute atomic E-state index is 14.0. The first-order valence-corrected chi connectivity index (χ1v) is 6.39. The Bertz CT molecular complexity index is 624. The lowest BCUT2D eigenvalue weighted by atomic mass is 9.87. The first-order valence-electron chi connectivity index (χ1n) is 6.39. The molecule has 3 heteroatoms. The van der Waals surface area contributed by atoms with Gasteiger partial charge in [0.25, 0.3) is 0 Å². The lowest BCUT2D eigenvalue weighted by Gasteiger charge is -2.17.